The van der Waals surface area contributed by atoms with E-state index in [1.54, 1.807) is 7.11 Å². The first-order valence-electron chi connectivity index (χ1n) is 7.20. The first kappa shape index (κ1) is 16.5. The zero-order valence-corrected chi connectivity index (χ0v) is 13.6. The predicted molar refractivity (Wildman–Crippen MR) is 83.6 cm³/mol. The molecular formula is C16H25BrO2. The van der Waals surface area contributed by atoms with Crippen LogP contribution >= 0.6 is 15.9 Å². The number of halogens is 1. The summed E-state index contributed by atoms with van der Waals surface area (Å²) in [6, 6.07) is 5.77. The van der Waals surface area contributed by atoms with Gasteiger partial charge in [0.05, 0.1) is 17.7 Å². The topological polar surface area (TPSA) is 29.5 Å². The number of aliphatic hydroxyl groups excluding tert-OH is 1. The summed E-state index contributed by atoms with van der Waals surface area (Å²) < 4.78 is 6.08. The van der Waals surface area contributed by atoms with E-state index >= 15 is 0 Å². The number of methoxy groups -OCH3 is 1. The van der Waals surface area contributed by atoms with Gasteiger partial charge in [-0.25, -0.2) is 0 Å². The normalized spacial score (nSPS) is 12.4. The fourth-order valence-electron chi connectivity index (χ4n) is 2.17. The lowest BCUT2D eigenvalue weighted by molar-refractivity contribution is 0.163. The molecule has 1 aromatic rings. The fraction of sp³-hybridized carbons (Fsp3) is 0.625. The van der Waals surface area contributed by atoms with E-state index in [1.807, 2.05) is 18.2 Å². The van der Waals surface area contributed by atoms with Crippen LogP contribution in [0.1, 0.15) is 63.5 Å². The summed E-state index contributed by atoms with van der Waals surface area (Å²) in [4.78, 5) is 0. The van der Waals surface area contributed by atoms with Gasteiger partial charge in [0.1, 0.15) is 5.75 Å². The number of hydrogen-bond donors (Lipinski definition) is 1. The van der Waals surface area contributed by atoms with Crippen molar-refractivity contribution in [1.29, 1.82) is 0 Å². The maximum Gasteiger partial charge on any atom is 0.133 e. The van der Waals surface area contributed by atoms with Crippen LogP contribution in [-0.4, -0.2) is 12.2 Å². The molecular weight excluding hydrogens is 304 g/mol. The van der Waals surface area contributed by atoms with Crippen molar-refractivity contribution in [3.63, 3.8) is 0 Å². The van der Waals surface area contributed by atoms with Crippen molar-refractivity contribution in [3.05, 3.63) is 28.2 Å². The van der Waals surface area contributed by atoms with Crippen LogP contribution < -0.4 is 4.74 Å². The average Bonchev–Trinajstić information content (AvgIpc) is 2.42. The maximum absolute atomic E-state index is 10.1. The van der Waals surface area contributed by atoms with Gasteiger partial charge in [-0.05, 0) is 40.0 Å². The van der Waals surface area contributed by atoms with E-state index < -0.39 is 0 Å². The molecule has 108 valence electrons. The van der Waals surface area contributed by atoms with Gasteiger partial charge < -0.3 is 9.84 Å². The second kappa shape index (κ2) is 9.38. The summed E-state index contributed by atoms with van der Waals surface area (Å²) in [6.07, 6.45) is 7.99. The van der Waals surface area contributed by atoms with E-state index in [4.69, 9.17) is 4.74 Å². The van der Waals surface area contributed by atoms with Gasteiger partial charge in [0, 0.05) is 0 Å². The van der Waals surface area contributed by atoms with Crippen molar-refractivity contribution >= 4 is 15.9 Å². The first-order valence-corrected chi connectivity index (χ1v) is 7.99. The fourth-order valence-corrected chi connectivity index (χ4v) is 2.73. The molecule has 0 spiro atoms. The molecule has 0 saturated heterocycles. The van der Waals surface area contributed by atoms with Gasteiger partial charge >= 0.3 is 0 Å². The van der Waals surface area contributed by atoms with E-state index in [0.29, 0.717) is 0 Å². The van der Waals surface area contributed by atoms with Gasteiger partial charge in [0.15, 0.2) is 0 Å². The van der Waals surface area contributed by atoms with E-state index in [1.165, 1.54) is 32.1 Å². The predicted octanol–water partition coefficient (Wildman–Crippen LogP) is 5.24. The molecule has 0 heterocycles. The Morgan fingerprint density at radius 3 is 2.47 bits per heavy atom. The van der Waals surface area contributed by atoms with Crippen LogP contribution in [0.2, 0.25) is 0 Å². The van der Waals surface area contributed by atoms with Crippen LogP contribution in [0.25, 0.3) is 0 Å². The van der Waals surface area contributed by atoms with Crippen LogP contribution in [0.5, 0.6) is 5.75 Å². The van der Waals surface area contributed by atoms with Crippen molar-refractivity contribution in [2.75, 3.05) is 7.11 Å². The Morgan fingerprint density at radius 1 is 1.16 bits per heavy atom. The standard InChI is InChI=1S/C16H25BrO2/c1-3-4-5-6-7-8-9-15(18)13-10-11-16(19-2)14(17)12-13/h10-12,15,18H,3-9H2,1-2H3. The second-order valence-corrected chi connectivity index (χ2v) is 5.82. The first-order chi connectivity index (χ1) is 9.19. The number of benzene rings is 1. The third-order valence-corrected chi connectivity index (χ3v) is 4.01. The van der Waals surface area contributed by atoms with Crippen molar-refractivity contribution in [3.8, 4) is 5.75 Å². The minimum atomic E-state index is -0.367. The summed E-state index contributed by atoms with van der Waals surface area (Å²) in [7, 11) is 1.65. The molecule has 0 aliphatic rings. The van der Waals surface area contributed by atoms with Gasteiger partial charge in [-0.2, -0.15) is 0 Å². The van der Waals surface area contributed by atoms with Crippen LogP contribution in [-0.2, 0) is 0 Å². The van der Waals surface area contributed by atoms with Crippen LogP contribution in [0.4, 0.5) is 0 Å². The number of rotatable bonds is 9. The quantitative estimate of drug-likeness (QED) is 0.628. The Morgan fingerprint density at radius 2 is 1.84 bits per heavy atom. The van der Waals surface area contributed by atoms with E-state index in [9.17, 15) is 5.11 Å². The monoisotopic (exact) mass is 328 g/mol. The number of hydrogen-bond acceptors (Lipinski definition) is 2. The van der Waals surface area contributed by atoms with Gasteiger partial charge in [0.2, 0.25) is 0 Å². The molecule has 0 aromatic heterocycles. The van der Waals surface area contributed by atoms with Crippen LogP contribution in [0.3, 0.4) is 0 Å². The van der Waals surface area contributed by atoms with Crippen molar-refractivity contribution < 1.29 is 9.84 Å². The molecule has 0 aliphatic carbocycles. The molecule has 0 bridgehead atoms. The van der Waals surface area contributed by atoms with E-state index in [2.05, 4.69) is 22.9 Å². The molecule has 3 heteroatoms. The Hall–Kier alpha value is -0.540. The SMILES string of the molecule is CCCCCCCCC(O)c1ccc(OC)c(Br)c1. The zero-order chi connectivity index (χ0) is 14.1. The van der Waals surface area contributed by atoms with Gasteiger partial charge in [-0.1, -0.05) is 51.5 Å². The smallest absolute Gasteiger partial charge is 0.133 e. The lowest BCUT2D eigenvalue weighted by atomic mass is 10.0. The third kappa shape index (κ3) is 5.96. The van der Waals surface area contributed by atoms with Crippen molar-refractivity contribution in [2.24, 2.45) is 0 Å². The molecule has 19 heavy (non-hydrogen) atoms. The largest absolute Gasteiger partial charge is 0.496 e. The highest BCUT2D eigenvalue weighted by atomic mass is 79.9. The second-order valence-electron chi connectivity index (χ2n) is 4.97. The van der Waals surface area contributed by atoms with E-state index in [0.717, 1.165) is 28.6 Å². The Balaban J connectivity index is 2.33. The summed E-state index contributed by atoms with van der Waals surface area (Å²) >= 11 is 3.45. The molecule has 1 atom stereocenters. The zero-order valence-electron chi connectivity index (χ0n) is 12.0. The Kier molecular flexibility index (Phi) is 8.15. The van der Waals surface area contributed by atoms with Gasteiger partial charge in [-0.15, -0.1) is 0 Å². The number of unbranched alkanes of at least 4 members (excludes halogenated alkanes) is 5. The van der Waals surface area contributed by atoms with Crippen molar-refractivity contribution in [2.45, 2.75) is 58.0 Å². The Labute approximate surface area is 125 Å². The molecule has 1 N–H and O–H groups in total. The Bertz CT molecular complexity index is 366. The van der Waals surface area contributed by atoms with E-state index in [-0.39, 0.29) is 6.10 Å². The summed E-state index contributed by atoms with van der Waals surface area (Å²) in [5.41, 5.74) is 0.959. The maximum atomic E-state index is 10.1. The lowest BCUT2D eigenvalue weighted by Crippen LogP contribution is -1.98. The lowest BCUT2D eigenvalue weighted by Gasteiger charge is -2.12. The summed E-state index contributed by atoms with van der Waals surface area (Å²) in [6.45, 7) is 2.23. The molecule has 0 saturated carbocycles. The number of aliphatic hydroxyl groups is 1. The summed E-state index contributed by atoms with van der Waals surface area (Å²) in [5, 5.41) is 10.1. The minimum Gasteiger partial charge on any atom is -0.496 e. The highest BCUT2D eigenvalue weighted by molar-refractivity contribution is 9.10. The molecule has 2 nitrogen and oxygen atoms in total. The third-order valence-electron chi connectivity index (χ3n) is 3.39. The highest BCUT2D eigenvalue weighted by Gasteiger charge is 2.09. The van der Waals surface area contributed by atoms with Gasteiger partial charge in [-0.3, -0.25) is 0 Å². The molecule has 1 rings (SSSR count). The molecule has 0 amide bonds. The van der Waals surface area contributed by atoms with Crippen LogP contribution in [0.15, 0.2) is 22.7 Å². The molecule has 0 aliphatic heterocycles. The molecule has 0 fully saturated rings. The molecule has 1 aromatic carbocycles. The molecule has 0 radical (unpaired) electrons. The summed E-state index contributed by atoms with van der Waals surface area (Å²) in [5.74, 6) is 0.801. The highest BCUT2D eigenvalue weighted by Crippen LogP contribution is 2.29. The van der Waals surface area contributed by atoms with Crippen LogP contribution in [0, 0.1) is 0 Å². The van der Waals surface area contributed by atoms with Gasteiger partial charge in [0.25, 0.3) is 0 Å². The molecule has 1 unspecified atom stereocenters. The average molecular weight is 329 g/mol. The minimum absolute atomic E-state index is 0.367. The van der Waals surface area contributed by atoms with Crippen molar-refractivity contribution in [1.82, 2.24) is 0 Å². The number of ether oxygens (including phenoxy) is 1.